The average molecular weight is 377 g/mol. The standard InChI is InChI=1S/C23H44N4/c1-4-17-8-9-26(15-17)22-12-20(13-22)25-14-23-10-18(5-2)16-27(23)21-7-6-19(11-21)24-3/h17-25H,4-16H2,1-3H3. The lowest BCUT2D eigenvalue weighted by Gasteiger charge is -2.43. The summed E-state index contributed by atoms with van der Waals surface area (Å²) in [6, 6.07) is 4.03. The first-order chi connectivity index (χ1) is 13.2. The van der Waals surface area contributed by atoms with E-state index in [1.54, 1.807) is 0 Å². The summed E-state index contributed by atoms with van der Waals surface area (Å²) in [5, 5.41) is 7.50. The van der Waals surface area contributed by atoms with Crippen molar-refractivity contribution in [2.75, 3.05) is 33.2 Å². The molecule has 0 spiro atoms. The van der Waals surface area contributed by atoms with Gasteiger partial charge in [0.1, 0.15) is 0 Å². The molecular weight excluding hydrogens is 332 g/mol. The summed E-state index contributed by atoms with van der Waals surface area (Å²) in [4.78, 5) is 5.69. The predicted molar refractivity (Wildman–Crippen MR) is 114 cm³/mol. The van der Waals surface area contributed by atoms with Crippen LogP contribution in [0.1, 0.15) is 71.6 Å². The third-order valence-corrected chi connectivity index (χ3v) is 8.57. The molecule has 0 aromatic carbocycles. The second kappa shape index (κ2) is 9.11. The Morgan fingerprint density at radius 2 is 1.59 bits per heavy atom. The van der Waals surface area contributed by atoms with Gasteiger partial charge in [0.2, 0.25) is 0 Å². The summed E-state index contributed by atoms with van der Waals surface area (Å²) in [6.45, 7) is 10.1. The number of rotatable bonds is 8. The van der Waals surface area contributed by atoms with Gasteiger partial charge in [-0.2, -0.15) is 0 Å². The van der Waals surface area contributed by atoms with Crippen LogP contribution in [0.5, 0.6) is 0 Å². The zero-order valence-corrected chi connectivity index (χ0v) is 18.1. The molecule has 156 valence electrons. The smallest absolute Gasteiger partial charge is 0.0226 e. The van der Waals surface area contributed by atoms with Crippen molar-refractivity contribution in [1.29, 1.82) is 0 Å². The van der Waals surface area contributed by atoms with Gasteiger partial charge in [-0.15, -0.1) is 0 Å². The third-order valence-electron chi connectivity index (χ3n) is 8.57. The highest BCUT2D eigenvalue weighted by Crippen LogP contribution is 2.35. The Morgan fingerprint density at radius 3 is 2.26 bits per heavy atom. The second-order valence-electron chi connectivity index (χ2n) is 10.1. The van der Waals surface area contributed by atoms with Crippen LogP contribution < -0.4 is 10.6 Å². The van der Waals surface area contributed by atoms with Gasteiger partial charge in [-0.05, 0) is 70.4 Å². The number of nitrogens with zero attached hydrogens (tertiary/aromatic N) is 2. The topological polar surface area (TPSA) is 30.5 Å². The Morgan fingerprint density at radius 1 is 0.815 bits per heavy atom. The number of nitrogens with one attached hydrogen (secondary N) is 2. The van der Waals surface area contributed by atoms with E-state index >= 15 is 0 Å². The van der Waals surface area contributed by atoms with E-state index in [-0.39, 0.29) is 0 Å². The highest BCUT2D eigenvalue weighted by atomic mass is 15.2. The van der Waals surface area contributed by atoms with Crippen LogP contribution in [0.3, 0.4) is 0 Å². The predicted octanol–water partition coefficient (Wildman–Crippen LogP) is 3.08. The molecule has 2 aliphatic heterocycles. The van der Waals surface area contributed by atoms with Crippen LogP contribution in [-0.2, 0) is 0 Å². The zero-order valence-electron chi connectivity index (χ0n) is 18.1. The Labute approximate surface area is 167 Å². The summed E-state index contributed by atoms with van der Waals surface area (Å²) >= 11 is 0. The van der Waals surface area contributed by atoms with Crippen molar-refractivity contribution in [2.24, 2.45) is 11.8 Å². The van der Waals surface area contributed by atoms with Crippen LogP contribution in [0, 0.1) is 11.8 Å². The highest BCUT2D eigenvalue weighted by Gasteiger charge is 2.40. The molecule has 0 amide bonds. The maximum atomic E-state index is 3.98. The molecule has 27 heavy (non-hydrogen) atoms. The van der Waals surface area contributed by atoms with Gasteiger partial charge in [-0.3, -0.25) is 9.80 Å². The van der Waals surface area contributed by atoms with Gasteiger partial charge >= 0.3 is 0 Å². The Balaban J connectivity index is 1.21. The van der Waals surface area contributed by atoms with E-state index in [1.807, 2.05) is 0 Å². The van der Waals surface area contributed by atoms with Crippen molar-refractivity contribution in [2.45, 2.75) is 102 Å². The van der Waals surface area contributed by atoms with Crippen LogP contribution in [0.4, 0.5) is 0 Å². The lowest BCUT2D eigenvalue weighted by molar-refractivity contribution is 0.106. The molecule has 0 aromatic heterocycles. The Hall–Kier alpha value is -0.160. The van der Waals surface area contributed by atoms with Crippen molar-refractivity contribution in [3.8, 4) is 0 Å². The average Bonchev–Trinajstić information content (AvgIpc) is 3.38. The molecule has 0 radical (unpaired) electrons. The van der Waals surface area contributed by atoms with Crippen LogP contribution in [0.15, 0.2) is 0 Å². The molecule has 4 rings (SSSR count). The summed E-state index contributed by atoms with van der Waals surface area (Å²) in [5.41, 5.74) is 0. The number of hydrogen-bond donors (Lipinski definition) is 2. The van der Waals surface area contributed by atoms with E-state index in [2.05, 4.69) is 41.3 Å². The summed E-state index contributed by atoms with van der Waals surface area (Å²) < 4.78 is 0. The van der Waals surface area contributed by atoms with Gasteiger partial charge in [0, 0.05) is 49.8 Å². The molecule has 2 heterocycles. The van der Waals surface area contributed by atoms with Crippen LogP contribution in [0.25, 0.3) is 0 Å². The van der Waals surface area contributed by atoms with Crippen molar-refractivity contribution < 1.29 is 0 Å². The van der Waals surface area contributed by atoms with E-state index in [1.165, 1.54) is 84.0 Å². The molecule has 5 atom stereocenters. The first-order valence-corrected chi connectivity index (χ1v) is 12.1. The minimum absolute atomic E-state index is 0.754. The summed E-state index contributed by atoms with van der Waals surface area (Å²) in [7, 11) is 2.14. The lowest BCUT2D eigenvalue weighted by atomic mass is 9.85. The van der Waals surface area contributed by atoms with Gasteiger partial charge < -0.3 is 10.6 Å². The first-order valence-electron chi connectivity index (χ1n) is 12.1. The lowest BCUT2D eigenvalue weighted by Crippen LogP contribution is -2.54. The highest BCUT2D eigenvalue weighted by molar-refractivity contribution is 4.98. The maximum Gasteiger partial charge on any atom is 0.0226 e. The van der Waals surface area contributed by atoms with Crippen molar-refractivity contribution in [3.05, 3.63) is 0 Å². The first kappa shape index (κ1) is 20.1. The van der Waals surface area contributed by atoms with E-state index in [4.69, 9.17) is 0 Å². The number of hydrogen-bond acceptors (Lipinski definition) is 4. The summed E-state index contributed by atoms with van der Waals surface area (Å²) in [5.74, 6) is 1.90. The van der Waals surface area contributed by atoms with E-state index < -0.39 is 0 Å². The van der Waals surface area contributed by atoms with E-state index in [0.29, 0.717) is 0 Å². The van der Waals surface area contributed by atoms with Crippen molar-refractivity contribution >= 4 is 0 Å². The molecule has 2 saturated heterocycles. The fourth-order valence-corrected chi connectivity index (χ4v) is 6.39. The molecule has 4 fully saturated rings. The van der Waals surface area contributed by atoms with E-state index in [9.17, 15) is 0 Å². The molecule has 0 bridgehead atoms. The summed E-state index contributed by atoms with van der Waals surface area (Å²) in [6.07, 6.45) is 12.5. The van der Waals surface area contributed by atoms with Gasteiger partial charge in [0.15, 0.2) is 0 Å². The monoisotopic (exact) mass is 376 g/mol. The fraction of sp³-hybridized carbons (Fsp3) is 1.00. The van der Waals surface area contributed by atoms with Gasteiger partial charge in [0.25, 0.3) is 0 Å². The molecule has 2 saturated carbocycles. The van der Waals surface area contributed by atoms with Crippen molar-refractivity contribution in [3.63, 3.8) is 0 Å². The molecule has 4 aliphatic rings. The van der Waals surface area contributed by atoms with Gasteiger partial charge in [-0.25, -0.2) is 0 Å². The maximum absolute atomic E-state index is 3.98. The largest absolute Gasteiger partial charge is 0.317 e. The minimum atomic E-state index is 0.754. The fourth-order valence-electron chi connectivity index (χ4n) is 6.39. The van der Waals surface area contributed by atoms with E-state index in [0.717, 1.165) is 42.0 Å². The van der Waals surface area contributed by atoms with Crippen molar-refractivity contribution in [1.82, 2.24) is 20.4 Å². The molecule has 0 aromatic rings. The number of likely N-dealkylation sites (tertiary alicyclic amines) is 2. The van der Waals surface area contributed by atoms with Crippen LogP contribution >= 0.6 is 0 Å². The second-order valence-corrected chi connectivity index (χ2v) is 10.1. The SMILES string of the molecule is CCC1CCN(C2CC(NCC3CC(CC)CN3C3CCC(NC)C3)C2)C1. The van der Waals surface area contributed by atoms with Gasteiger partial charge in [0.05, 0.1) is 0 Å². The third kappa shape index (κ3) is 4.55. The normalized spacial score (nSPS) is 43.4. The molecule has 4 nitrogen and oxygen atoms in total. The van der Waals surface area contributed by atoms with Crippen LogP contribution in [0.2, 0.25) is 0 Å². The molecule has 2 N–H and O–H groups in total. The molecule has 2 aliphatic carbocycles. The molecule has 5 unspecified atom stereocenters. The quantitative estimate of drug-likeness (QED) is 0.681. The molecule has 4 heteroatoms. The van der Waals surface area contributed by atoms with Crippen LogP contribution in [-0.4, -0.2) is 73.2 Å². The minimum Gasteiger partial charge on any atom is -0.317 e. The zero-order chi connectivity index (χ0) is 18.8. The molecular formula is C23H44N4. The van der Waals surface area contributed by atoms with Gasteiger partial charge in [-0.1, -0.05) is 26.7 Å². The Bertz CT molecular complexity index is 463. The Kier molecular flexibility index (Phi) is 6.79.